The number of methoxy groups -OCH3 is 1. The molecule has 0 spiro atoms. The van der Waals surface area contributed by atoms with Gasteiger partial charge in [-0.2, -0.15) is 0 Å². The second-order valence-corrected chi connectivity index (χ2v) is 2.37. The Kier molecular flexibility index (Phi) is 3.01. The maximum Gasteiger partial charge on any atom is 0.137 e. The van der Waals surface area contributed by atoms with Crippen LogP contribution < -0.4 is 10.5 Å². The first-order valence-electron chi connectivity index (χ1n) is 3.66. The molecule has 3 N–H and O–H groups in total. The molecule has 0 aromatic carbocycles. The number of pyridine rings is 1. The third-order valence-corrected chi connectivity index (χ3v) is 1.56. The quantitative estimate of drug-likeness (QED) is 0.670. The molecule has 4 nitrogen and oxygen atoms in total. The van der Waals surface area contributed by atoms with Crippen molar-refractivity contribution in [2.45, 2.75) is 6.10 Å². The lowest BCUT2D eigenvalue weighted by atomic mass is 10.2. The average Bonchev–Trinajstić information content (AvgIpc) is 2.17. The van der Waals surface area contributed by atoms with Gasteiger partial charge in [0.2, 0.25) is 0 Å². The predicted molar refractivity (Wildman–Crippen MR) is 44.8 cm³/mol. The minimum absolute atomic E-state index is 0.180. The Labute approximate surface area is 71.0 Å². The first kappa shape index (κ1) is 8.96. The summed E-state index contributed by atoms with van der Waals surface area (Å²) < 4.78 is 4.91. The average molecular weight is 168 g/mol. The van der Waals surface area contributed by atoms with Crippen LogP contribution in [0.25, 0.3) is 0 Å². The number of hydrogen-bond acceptors (Lipinski definition) is 4. The zero-order valence-electron chi connectivity index (χ0n) is 6.90. The number of nitrogens with two attached hydrogens (primary N) is 1. The number of rotatable bonds is 3. The lowest BCUT2D eigenvalue weighted by molar-refractivity contribution is 0.181. The van der Waals surface area contributed by atoms with E-state index in [9.17, 15) is 5.11 Å². The van der Waals surface area contributed by atoms with E-state index in [4.69, 9.17) is 10.5 Å². The van der Waals surface area contributed by atoms with Gasteiger partial charge in [0.15, 0.2) is 0 Å². The van der Waals surface area contributed by atoms with E-state index in [0.29, 0.717) is 11.4 Å². The zero-order chi connectivity index (χ0) is 8.97. The maximum atomic E-state index is 9.26. The van der Waals surface area contributed by atoms with Crippen molar-refractivity contribution in [3.05, 3.63) is 24.0 Å². The molecule has 0 aliphatic rings. The normalized spacial score (nSPS) is 12.6. The van der Waals surface area contributed by atoms with Crippen molar-refractivity contribution < 1.29 is 9.84 Å². The summed E-state index contributed by atoms with van der Waals surface area (Å²) in [5, 5.41) is 9.26. The van der Waals surface area contributed by atoms with Gasteiger partial charge in [-0.05, 0) is 12.1 Å². The Morgan fingerprint density at radius 3 is 2.83 bits per heavy atom. The highest BCUT2D eigenvalue weighted by molar-refractivity contribution is 5.20. The van der Waals surface area contributed by atoms with Crippen molar-refractivity contribution >= 4 is 0 Å². The summed E-state index contributed by atoms with van der Waals surface area (Å²) >= 11 is 0. The molecule has 0 aliphatic carbocycles. The summed E-state index contributed by atoms with van der Waals surface area (Å²) in [7, 11) is 1.57. The number of nitrogens with zero attached hydrogens (tertiary/aromatic N) is 1. The molecule has 0 amide bonds. The van der Waals surface area contributed by atoms with E-state index in [1.807, 2.05) is 0 Å². The van der Waals surface area contributed by atoms with Gasteiger partial charge in [0.05, 0.1) is 19.0 Å². The standard InChI is InChI=1S/C8H12N2O2/c1-12-6-2-3-7(10-5-6)8(11)4-9/h2-3,5,8,11H,4,9H2,1H3. The summed E-state index contributed by atoms with van der Waals surface area (Å²) in [6.07, 6.45) is 0.865. The molecule has 0 fully saturated rings. The Bertz CT molecular complexity index is 235. The van der Waals surface area contributed by atoms with Crippen molar-refractivity contribution in [3.8, 4) is 5.75 Å². The van der Waals surface area contributed by atoms with Gasteiger partial charge in [-0.15, -0.1) is 0 Å². The molecule has 4 heteroatoms. The van der Waals surface area contributed by atoms with Gasteiger partial charge in [0, 0.05) is 6.54 Å². The third-order valence-electron chi connectivity index (χ3n) is 1.56. The van der Waals surface area contributed by atoms with Crippen molar-refractivity contribution in [3.63, 3.8) is 0 Å². The molecular weight excluding hydrogens is 156 g/mol. The van der Waals surface area contributed by atoms with Crippen LogP contribution in [0.2, 0.25) is 0 Å². The van der Waals surface area contributed by atoms with Crippen LogP contribution >= 0.6 is 0 Å². The van der Waals surface area contributed by atoms with E-state index in [0.717, 1.165) is 0 Å². The number of aliphatic hydroxyl groups is 1. The summed E-state index contributed by atoms with van der Waals surface area (Å²) in [5.74, 6) is 0.669. The van der Waals surface area contributed by atoms with E-state index in [-0.39, 0.29) is 6.54 Å². The van der Waals surface area contributed by atoms with Gasteiger partial charge in [-0.25, -0.2) is 0 Å². The second kappa shape index (κ2) is 4.04. The molecule has 0 saturated heterocycles. The largest absolute Gasteiger partial charge is 0.495 e. The van der Waals surface area contributed by atoms with E-state index in [1.165, 1.54) is 0 Å². The smallest absolute Gasteiger partial charge is 0.137 e. The van der Waals surface area contributed by atoms with Gasteiger partial charge in [0.1, 0.15) is 11.9 Å². The number of ether oxygens (including phenoxy) is 1. The van der Waals surface area contributed by atoms with E-state index in [1.54, 1.807) is 25.4 Å². The molecule has 66 valence electrons. The fourth-order valence-corrected chi connectivity index (χ4v) is 0.830. The fraction of sp³-hybridized carbons (Fsp3) is 0.375. The Hall–Kier alpha value is -1.13. The molecule has 0 aliphatic heterocycles. The minimum atomic E-state index is -0.684. The van der Waals surface area contributed by atoms with Crippen LogP contribution in [-0.2, 0) is 0 Å². The summed E-state index contributed by atoms with van der Waals surface area (Å²) in [6, 6.07) is 3.43. The Morgan fingerprint density at radius 2 is 2.42 bits per heavy atom. The summed E-state index contributed by atoms with van der Waals surface area (Å²) in [4.78, 5) is 3.97. The van der Waals surface area contributed by atoms with E-state index < -0.39 is 6.10 Å². The van der Waals surface area contributed by atoms with Crippen LogP contribution in [0.3, 0.4) is 0 Å². The lowest BCUT2D eigenvalue weighted by Crippen LogP contribution is -2.12. The number of aliphatic hydroxyl groups excluding tert-OH is 1. The molecule has 1 rings (SSSR count). The molecule has 0 radical (unpaired) electrons. The topological polar surface area (TPSA) is 68.4 Å². The Morgan fingerprint density at radius 1 is 1.67 bits per heavy atom. The maximum absolute atomic E-state index is 9.26. The first-order chi connectivity index (χ1) is 5.77. The van der Waals surface area contributed by atoms with Crippen molar-refractivity contribution in [2.75, 3.05) is 13.7 Å². The van der Waals surface area contributed by atoms with Gasteiger partial charge in [0.25, 0.3) is 0 Å². The zero-order valence-corrected chi connectivity index (χ0v) is 6.90. The highest BCUT2D eigenvalue weighted by Crippen LogP contribution is 2.12. The Balaban J connectivity index is 2.77. The fourth-order valence-electron chi connectivity index (χ4n) is 0.830. The van der Waals surface area contributed by atoms with Crippen LogP contribution in [-0.4, -0.2) is 23.7 Å². The number of aromatic nitrogens is 1. The summed E-state index contributed by atoms with van der Waals surface area (Å²) in [6.45, 7) is 0.180. The van der Waals surface area contributed by atoms with Gasteiger partial charge >= 0.3 is 0 Å². The molecule has 1 atom stereocenters. The van der Waals surface area contributed by atoms with Crippen molar-refractivity contribution in [1.29, 1.82) is 0 Å². The molecule has 0 saturated carbocycles. The van der Waals surface area contributed by atoms with Gasteiger partial charge in [-0.3, -0.25) is 4.98 Å². The molecule has 1 aromatic rings. The van der Waals surface area contributed by atoms with Crippen LogP contribution in [0.5, 0.6) is 5.75 Å². The number of hydrogen-bond donors (Lipinski definition) is 2. The van der Waals surface area contributed by atoms with Crippen LogP contribution in [0.1, 0.15) is 11.8 Å². The molecule has 1 aromatic heterocycles. The SMILES string of the molecule is COc1ccc(C(O)CN)nc1. The highest BCUT2D eigenvalue weighted by atomic mass is 16.5. The molecule has 1 unspecified atom stereocenters. The van der Waals surface area contributed by atoms with Crippen molar-refractivity contribution in [2.24, 2.45) is 5.73 Å². The molecule has 0 bridgehead atoms. The van der Waals surface area contributed by atoms with Crippen LogP contribution in [0.4, 0.5) is 0 Å². The van der Waals surface area contributed by atoms with Crippen LogP contribution in [0, 0.1) is 0 Å². The van der Waals surface area contributed by atoms with Crippen molar-refractivity contribution in [1.82, 2.24) is 4.98 Å². The first-order valence-corrected chi connectivity index (χ1v) is 3.66. The predicted octanol–water partition coefficient (Wildman–Crippen LogP) is 0.0823. The highest BCUT2D eigenvalue weighted by Gasteiger charge is 2.05. The lowest BCUT2D eigenvalue weighted by Gasteiger charge is -2.06. The van der Waals surface area contributed by atoms with Crippen LogP contribution in [0.15, 0.2) is 18.3 Å². The minimum Gasteiger partial charge on any atom is -0.495 e. The third kappa shape index (κ3) is 1.93. The van der Waals surface area contributed by atoms with E-state index >= 15 is 0 Å². The summed E-state index contributed by atoms with van der Waals surface area (Å²) in [5.41, 5.74) is 5.82. The van der Waals surface area contributed by atoms with Gasteiger partial charge in [-0.1, -0.05) is 0 Å². The molecule has 12 heavy (non-hydrogen) atoms. The molecule has 1 heterocycles. The second-order valence-electron chi connectivity index (χ2n) is 2.37. The van der Waals surface area contributed by atoms with Gasteiger partial charge < -0.3 is 15.6 Å². The molecular formula is C8H12N2O2. The van der Waals surface area contributed by atoms with E-state index in [2.05, 4.69) is 4.98 Å². The monoisotopic (exact) mass is 168 g/mol.